The lowest BCUT2D eigenvalue weighted by molar-refractivity contribution is -0.00936. The highest BCUT2D eigenvalue weighted by Crippen LogP contribution is 2.48. The van der Waals surface area contributed by atoms with Crippen molar-refractivity contribution < 1.29 is 22.3 Å². The first-order chi connectivity index (χ1) is 11.4. The van der Waals surface area contributed by atoms with Gasteiger partial charge in [-0.2, -0.15) is 0 Å². The van der Waals surface area contributed by atoms with E-state index in [0.717, 1.165) is 0 Å². The second-order valence-corrected chi connectivity index (χ2v) is 5.93. The lowest BCUT2D eigenvalue weighted by Gasteiger charge is -2.29. The van der Waals surface area contributed by atoms with Crippen LogP contribution in [0.4, 0.5) is 17.6 Å². The van der Waals surface area contributed by atoms with Crippen molar-refractivity contribution in [1.82, 2.24) is 0 Å². The Labute approximate surface area is 138 Å². The average Bonchev–Trinajstić information content (AvgIpc) is 2.53. The molecular weight excluding hydrogens is 320 g/mol. The fourth-order valence-electron chi connectivity index (χ4n) is 3.27. The molecule has 5 heteroatoms. The van der Waals surface area contributed by atoms with Gasteiger partial charge >= 0.3 is 0 Å². The van der Waals surface area contributed by atoms with Gasteiger partial charge in [0.05, 0.1) is 12.2 Å². The third kappa shape index (κ3) is 2.56. The number of hydrogen-bond donors (Lipinski definition) is 0. The van der Waals surface area contributed by atoms with Gasteiger partial charge in [0.1, 0.15) is 5.82 Å². The van der Waals surface area contributed by atoms with Crippen LogP contribution >= 0.6 is 0 Å². The van der Waals surface area contributed by atoms with Gasteiger partial charge in [-0.05, 0) is 36.1 Å². The number of aryl methyl sites for hydroxylation is 1. The van der Waals surface area contributed by atoms with E-state index in [1.807, 2.05) is 6.92 Å². The molecule has 0 aromatic heterocycles. The first-order valence-electron chi connectivity index (χ1n) is 8.04. The van der Waals surface area contributed by atoms with Gasteiger partial charge in [0.15, 0.2) is 11.6 Å². The van der Waals surface area contributed by atoms with Gasteiger partial charge in [-0.25, -0.2) is 17.6 Å². The Hall–Kier alpha value is -2.04. The molecule has 1 aliphatic rings. The molecule has 3 rings (SSSR count). The Bertz CT molecular complexity index is 783. The van der Waals surface area contributed by atoms with Crippen LogP contribution in [0.3, 0.4) is 0 Å². The van der Waals surface area contributed by atoms with E-state index in [1.54, 1.807) is 6.92 Å². The number of benzene rings is 2. The zero-order valence-corrected chi connectivity index (χ0v) is 13.6. The zero-order valence-electron chi connectivity index (χ0n) is 13.6. The van der Waals surface area contributed by atoms with Crippen molar-refractivity contribution in [3.8, 4) is 16.9 Å². The van der Waals surface area contributed by atoms with E-state index in [4.69, 9.17) is 4.74 Å². The molecule has 128 valence electrons. The molecule has 0 bridgehead atoms. The fraction of sp³-hybridized carbons (Fsp3) is 0.368. The van der Waals surface area contributed by atoms with Crippen LogP contribution in [0.5, 0.6) is 5.75 Å². The van der Waals surface area contributed by atoms with Gasteiger partial charge in [0.2, 0.25) is 0 Å². The minimum Gasteiger partial charge on any atom is -0.491 e. The molecule has 0 radical (unpaired) electrons. The molecule has 2 aromatic carbocycles. The molecule has 0 amide bonds. The van der Waals surface area contributed by atoms with Crippen molar-refractivity contribution in [2.75, 3.05) is 6.61 Å². The van der Waals surface area contributed by atoms with Crippen molar-refractivity contribution in [2.24, 2.45) is 0 Å². The largest absolute Gasteiger partial charge is 0.491 e. The van der Waals surface area contributed by atoms with Crippen molar-refractivity contribution >= 4 is 0 Å². The topological polar surface area (TPSA) is 9.23 Å². The van der Waals surface area contributed by atoms with Gasteiger partial charge in [0, 0.05) is 12.0 Å². The molecule has 24 heavy (non-hydrogen) atoms. The third-order valence-electron chi connectivity index (χ3n) is 4.30. The van der Waals surface area contributed by atoms with Crippen LogP contribution in [-0.4, -0.2) is 6.61 Å². The Morgan fingerprint density at radius 2 is 1.71 bits per heavy atom. The molecular formula is C19H18F4O. The molecule has 0 aliphatic heterocycles. The summed E-state index contributed by atoms with van der Waals surface area (Å²) in [6, 6.07) is 5.91. The number of rotatable bonds is 4. The molecule has 0 saturated carbocycles. The quantitative estimate of drug-likeness (QED) is 0.656. The lowest BCUT2D eigenvalue weighted by atomic mass is 9.81. The maximum Gasteiger partial charge on any atom is 0.280 e. The smallest absolute Gasteiger partial charge is 0.280 e. The molecule has 0 fully saturated rings. The summed E-state index contributed by atoms with van der Waals surface area (Å²) in [6.45, 7) is 3.78. The van der Waals surface area contributed by atoms with Crippen LogP contribution in [0, 0.1) is 11.6 Å². The van der Waals surface area contributed by atoms with Crippen LogP contribution in [0.2, 0.25) is 0 Å². The number of halogens is 4. The number of fused-ring (bicyclic) bond motifs is 3. The van der Waals surface area contributed by atoms with Gasteiger partial charge in [-0.15, -0.1) is 0 Å². The normalized spacial score (nSPS) is 14.9. The van der Waals surface area contributed by atoms with Crippen molar-refractivity contribution in [3.63, 3.8) is 0 Å². The maximum absolute atomic E-state index is 14.6. The zero-order chi connectivity index (χ0) is 17.5. The van der Waals surface area contributed by atoms with Crippen LogP contribution in [0.1, 0.15) is 37.0 Å². The standard InChI is InChI=1S/C19H18F4O/c1-3-5-11-6-7-13-12-8-9-15(24-4-2)18(21)14(12)10-19(22,23)16(13)17(11)20/h6-9H,3-5,10H2,1-2H3. The Morgan fingerprint density at radius 3 is 2.38 bits per heavy atom. The molecule has 0 atom stereocenters. The Kier molecular flexibility index (Phi) is 4.28. The average molecular weight is 338 g/mol. The number of alkyl halides is 2. The summed E-state index contributed by atoms with van der Waals surface area (Å²) in [5, 5.41) is 0. The molecule has 2 aromatic rings. The second-order valence-electron chi connectivity index (χ2n) is 5.93. The summed E-state index contributed by atoms with van der Waals surface area (Å²) in [4.78, 5) is 0. The Balaban J connectivity index is 2.24. The summed E-state index contributed by atoms with van der Waals surface area (Å²) < 4.78 is 63.5. The number of hydrogen-bond acceptors (Lipinski definition) is 1. The van der Waals surface area contributed by atoms with Crippen molar-refractivity contribution in [3.05, 3.63) is 52.6 Å². The molecule has 0 N–H and O–H groups in total. The first-order valence-corrected chi connectivity index (χ1v) is 8.04. The maximum atomic E-state index is 14.6. The SMILES string of the molecule is CCCc1ccc2c(c1F)C(F)(F)Cc1c-2ccc(OCC)c1F. The van der Waals surface area contributed by atoms with E-state index in [1.165, 1.54) is 24.3 Å². The van der Waals surface area contributed by atoms with E-state index in [9.17, 15) is 17.6 Å². The molecule has 1 nitrogen and oxygen atoms in total. The summed E-state index contributed by atoms with van der Waals surface area (Å²) in [7, 11) is 0. The van der Waals surface area contributed by atoms with E-state index < -0.39 is 29.5 Å². The first kappa shape index (κ1) is 16.8. The van der Waals surface area contributed by atoms with Crippen LogP contribution in [-0.2, 0) is 18.8 Å². The highest BCUT2D eigenvalue weighted by atomic mass is 19.3. The highest BCUT2D eigenvalue weighted by molar-refractivity contribution is 5.76. The van der Waals surface area contributed by atoms with E-state index in [-0.39, 0.29) is 29.0 Å². The van der Waals surface area contributed by atoms with Crippen molar-refractivity contribution in [1.29, 1.82) is 0 Å². The van der Waals surface area contributed by atoms with Crippen LogP contribution in [0.25, 0.3) is 11.1 Å². The minimum atomic E-state index is -3.46. The molecule has 1 aliphatic carbocycles. The van der Waals surface area contributed by atoms with Gasteiger partial charge in [0.25, 0.3) is 5.92 Å². The Morgan fingerprint density at radius 1 is 1.00 bits per heavy atom. The third-order valence-corrected chi connectivity index (χ3v) is 4.30. The lowest BCUT2D eigenvalue weighted by Crippen LogP contribution is -2.26. The summed E-state index contributed by atoms with van der Waals surface area (Å²) in [5.41, 5.74) is -0.115. The summed E-state index contributed by atoms with van der Waals surface area (Å²) in [5.74, 6) is -5.18. The predicted octanol–water partition coefficient (Wildman–Crippen LogP) is 5.63. The van der Waals surface area contributed by atoms with E-state index in [2.05, 4.69) is 0 Å². The van der Waals surface area contributed by atoms with Crippen molar-refractivity contribution in [2.45, 2.75) is 39.0 Å². The van der Waals surface area contributed by atoms with Gasteiger partial charge < -0.3 is 4.74 Å². The van der Waals surface area contributed by atoms with Crippen LogP contribution in [0.15, 0.2) is 24.3 Å². The minimum absolute atomic E-state index is 0.0561. The highest BCUT2D eigenvalue weighted by Gasteiger charge is 2.44. The molecule has 0 spiro atoms. The predicted molar refractivity (Wildman–Crippen MR) is 84.6 cm³/mol. The summed E-state index contributed by atoms with van der Waals surface area (Å²) in [6.07, 6.45) is 0.179. The number of ether oxygens (including phenoxy) is 1. The van der Waals surface area contributed by atoms with E-state index >= 15 is 0 Å². The van der Waals surface area contributed by atoms with Gasteiger partial charge in [-0.3, -0.25) is 0 Å². The van der Waals surface area contributed by atoms with E-state index in [0.29, 0.717) is 18.4 Å². The monoisotopic (exact) mass is 338 g/mol. The second kappa shape index (κ2) is 6.11. The molecule has 0 heterocycles. The van der Waals surface area contributed by atoms with Crippen LogP contribution < -0.4 is 4.74 Å². The fourth-order valence-corrected chi connectivity index (χ4v) is 3.27. The molecule has 0 unspecified atom stereocenters. The van der Waals surface area contributed by atoms with Gasteiger partial charge in [-0.1, -0.05) is 31.5 Å². The molecule has 0 saturated heterocycles. The summed E-state index contributed by atoms with van der Waals surface area (Å²) >= 11 is 0.